The Morgan fingerprint density at radius 1 is 0.639 bits per heavy atom. The number of carboxylic acids is 1. The van der Waals surface area contributed by atoms with Crippen LogP contribution in [0.15, 0.2) is 12.2 Å². The molecule has 1 unspecified atom stereocenters. The lowest BCUT2D eigenvalue weighted by molar-refractivity contribution is -0.145. The molecular formula is C31H60O5. The van der Waals surface area contributed by atoms with Crippen molar-refractivity contribution in [2.45, 2.75) is 168 Å². The number of carbonyl (C=O) groups is 2. The molecule has 0 aliphatic rings. The largest absolute Gasteiger partial charge is 0.479 e. The maximum absolute atomic E-state index is 11.8. The average molecular weight is 513 g/mol. The predicted molar refractivity (Wildman–Crippen MR) is 152 cm³/mol. The van der Waals surface area contributed by atoms with Crippen LogP contribution in [0.2, 0.25) is 0 Å². The van der Waals surface area contributed by atoms with Gasteiger partial charge in [-0.2, -0.15) is 0 Å². The van der Waals surface area contributed by atoms with Crippen LogP contribution >= 0.6 is 0 Å². The van der Waals surface area contributed by atoms with Gasteiger partial charge in [-0.05, 0) is 45.4 Å². The summed E-state index contributed by atoms with van der Waals surface area (Å²) >= 11 is 0. The summed E-state index contributed by atoms with van der Waals surface area (Å²) in [7, 11) is 0. The summed E-state index contributed by atoms with van der Waals surface area (Å²) in [5.41, 5.74) is 0. The number of rotatable bonds is 25. The zero-order valence-corrected chi connectivity index (χ0v) is 24.1. The number of allylic oxidation sites excluding steroid dienone is 2. The molecule has 0 aliphatic carbocycles. The maximum atomic E-state index is 11.8. The van der Waals surface area contributed by atoms with E-state index in [1.807, 2.05) is 0 Å². The van der Waals surface area contributed by atoms with E-state index in [0.29, 0.717) is 13.0 Å². The Morgan fingerprint density at radius 3 is 1.42 bits per heavy atom. The third kappa shape index (κ3) is 34.8. The Balaban J connectivity index is 0. The predicted octanol–water partition coefficient (Wildman–Crippen LogP) is 9.16. The number of unbranched alkanes of at least 4 members (excludes halogenated alkanes) is 18. The van der Waals surface area contributed by atoms with Crippen molar-refractivity contribution in [2.24, 2.45) is 0 Å². The molecule has 5 nitrogen and oxygen atoms in total. The van der Waals surface area contributed by atoms with E-state index in [1.165, 1.54) is 122 Å². The molecule has 214 valence electrons. The van der Waals surface area contributed by atoms with E-state index in [0.717, 1.165) is 19.3 Å². The van der Waals surface area contributed by atoms with Crippen LogP contribution in [0.3, 0.4) is 0 Å². The van der Waals surface area contributed by atoms with Crippen molar-refractivity contribution < 1.29 is 24.5 Å². The molecule has 0 fully saturated rings. The average Bonchev–Trinajstić information content (AvgIpc) is 2.85. The quantitative estimate of drug-likeness (QED) is 0.0723. The second-order valence-electron chi connectivity index (χ2n) is 10.0. The molecule has 2 N–H and O–H groups in total. The van der Waals surface area contributed by atoms with Crippen LogP contribution in [0.5, 0.6) is 0 Å². The number of ether oxygens (including phenoxy) is 1. The van der Waals surface area contributed by atoms with Crippen molar-refractivity contribution in [3.8, 4) is 0 Å². The van der Waals surface area contributed by atoms with Gasteiger partial charge in [0.05, 0.1) is 6.61 Å². The van der Waals surface area contributed by atoms with Gasteiger partial charge in [0.15, 0.2) is 0 Å². The molecule has 1 atom stereocenters. The minimum Gasteiger partial charge on any atom is -0.479 e. The van der Waals surface area contributed by atoms with E-state index in [2.05, 4.69) is 26.0 Å². The standard InChI is InChI=1S/C28H54O2.C3H6O3/c1-3-5-7-9-11-13-14-15-16-17-18-19-20-22-24-26-28(29)30-27-25-23-21-12-10-8-6-4-2;1-2(4)3(5)6/h15-16H,3-14,17-27H2,1-2H3;2,4H,1H3,(H,5,6)/b16-15-;. The number of esters is 1. The highest BCUT2D eigenvalue weighted by Crippen LogP contribution is 2.11. The van der Waals surface area contributed by atoms with Crippen molar-refractivity contribution in [1.82, 2.24) is 0 Å². The Bertz CT molecular complexity index is 487. The highest BCUT2D eigenvalue weighted by molar-refractivity contribution is 5.71. The van der Waals surface area contributed by atoms with Crippen molar-refractivity contribution in [2.75, 3.05) is 6.61 Å². The van der Waals surface area contributed by atoms with Gasteiger partial charge < -0.3 is 14.9 Å². The summed E-state index contributed by atoms with van der Waals surface area (Å²) < 4.78 is 5.36. The molecule has 0 saturated carbocycles. The van der Waals surface area contributed by atoms with Crippen LogP contribution in [0.25, 0.3) is 0 Å². The summed E-state index contributed by atoms with van der Waals surface area (Å²) in [4.78, 5) is 21.2. The minimum atomic E-state index is -1.23. The van der Waals surface area contributed by atoms with Crippen LogP contribution in [0.1, 0.15) is 162 Å². The third-order valence-electron chi connectivity index (χ3n) is 6.26. The van der Waals surface area contributed by atoms with Gasteiger partial charge in [-0.3, -0.25) is 4.79 Å². The Kier molecular flexibility index (Phi) is 32.4. The lowest BCUT2D eigenvalue weighted by Crippen LogP contribution is -2.13. The molecule has 0 spiro atoms. The topological polar surface area (TPSA) is 83.8 Å². The molecular weight excluding hydrogens is 452 g/mol. The lowest BCUT2D eigenvalue weighted by Gasteiger charge is -2.05. The molecule has 0 radical (unpaired) electrons. The smallest absolute Gasteiger partial charge is 0.332 e. The van der Waals surface area contributed by atoms with Crippen LogP contribution in [0, 0.1) is 0 Å². The molecule has 0 amide bonds. The number of aliphatic carboxylic acids is 1. The van der Waals surface area contributed by atoms with E-state index in [-0.39, 0.29) is 5.97 Å². The van der Waals surface area contributed by atoms with Gasteiger partial charge in [0.1, 0.15) is 6.10 Å². The second-order valence-corrected chi connectivity index (χ2v) is 10.0. The molecule has 0 bridgehead atoms. The van der Waals surface area contributed by atoms with E-state index >= 15 is 0 Å². The molecule has 0 rings (SSSR count). The van der Waals surface area contributed by atoms with E-state index < -0.39 is 12.1 Å². The van der Waals surface area contributed by atoms with Gasteiger partial charge in [-0.15, -0.1) is 0 Å². The fourth-order valence-electron chi connectivity index (χ4n) is 3.83. The highest BCUT2D eigenvalue weighted by atomic mass is 16.5. The van der Waals surface area contributed by atoms with E-state index in [9.17, 15) is 9.59 Å². The summed E-state index contributed by atoms with van der Waals surface area (Å²) in [5, 5.41) is 15.8. The molecule has 0 aliphatic heterocycles. The normalized spacial score (nSPS) is 11.8. The van der Waals surface area contributed by atoms with Crippen LogP contribution in [-0.4, -0.2) is 34.9 Å². The molecule has 0 aromatic heterocycles. The first-order chi connectivity index (χ1) is 17.5. The van der Waals surface area contributed by atoms with Gasteiger partial charge in [0.2, 0.25) is 0 Å². The second kappa shape index (κ2) is 31.7. The fraction of sp³-hybridized carbons (Fsp3) is 0.871. The SMILES string of the molecule is CC(O)C(=O)O.CCCCCCCC/C=C\CCCCCCCC(=O)OCCCCCCCCCC. The molecule has 5 heteroatoms. The Morgan fingerprint density at radius 2 is 1.00 bits per heavy atom. The monoisotopic (exact) mass is 512 g/mol. The summed E-state index contributed by atoms with van der Waals surface area (Å²) in [6, 6.07) is 0. The van der Waals surface area contributed by atoms with Crippen LogP contribution in [0.4, 0.5) is 0 Å². The first kappa shape index (κ1) is 36.8. The van der Waals surface area contributed by atoms with Crippen molar-refractivity contribution in [3.05, 3.63) is 12.2 Å². The van der Waals surface area contributed by atoms with E-state index in [4.69, 9.17) is 14.9 Å². The van der Waals surface area contributed by atoms with E-state index in [1.54, 1.807) is 0 Å². The zero-order valence-electron chi connectivity index (χ0n) is 24.1. The van der Waals surface area contributed by atoms with Crippen molar-refractivity contribution in [1.29, 1.82) is 0 Å². The summed E-state index contributed by atoms with van der Waals surface area (Å²) in [6.45, 7) is 6.35. The molecule has 0 heterocycles. The van der Waals surface area contributed by atoms with Gasteiger partial charge in [0.25, 0.3) is 0 Å². The molecule has 0 aromatic carbocycles. The number of aliphatic hydroxyl groups is 1. The zero-order chi connectivity index (χ0) is 27.1. The fourth-order valence-corrected chi connectivity index (χ4v) is 3.83. The highest BCUT2D eigenvalue weighted by Gasteiger charge is 2.03. The van der Waals surface area contributed by atoms with Crippen molar-refractivity contribution >= 4 is 11.9 Å². The first-order valence-electron chi connectivity index (χ1n) is 15.2. The maximum Gasteiger partial charge on any atom is 0.332 e. The van der Waals surface area contributed by atoms with Crippen LogP contribution in [-0.2, 0) is 14.3 Å². The number of carboxylic acid groups (broad SMARTS) is 1. The molecule has 36 heavy (non-hydrogen) atoms. The lowest BCUT2D eigenvalue weighted by atomic mass is 10.1. The van der Waals surface area contributed by atoms with Gasteiger partial charge in [-0.1, -0.05) is 122 Å². The third-order valence-corrected chi connectivity index (χ3v) is 6.26. The Labute approximate surface area is 223 Å². The van der Waals surface area contributed by atoms with Crippen molar-refractivity contribution in [3.63, 3.8) is 0 Å². The summed E-state index contributed by atoms with van der Waals surface area (Å²) in [5.74, 6) is -1.18. The van der Waals surface area contributed by atoms with Gasteiger partial charge in [-0.25, -0.2) is 4.79 Å². The number of hydrogen-bond donors (Lipinski definition) is 2. The Hall–Kier alpha value is -1.36. The number of aliphatic hydroxyl groups excluding tert-OH is 1. The minimum absolute atomic E-state index is 0.00979. The summed E-state index contributed by atoms with van der Waals surface area (Å²) in [6.07, 6.45) is 31.2. The van der Waals surface area contributed by atoms with Gasteiger partial charge in [0, 0.05) is 6.42 Å². The molecule has 0 saturated heterocycles. The first-order valence-corrected chi connectivity index (χ1v) is 15.2. The number of hydrogen-bond acceptors (Lipinski definition) is 4. The van der Waals surface area contributed by atoms with Gasteiger partial charge >= 0.3 is 11.9 Å². The molecule has 0 aromatic rings. The van der Waals surface area contributed by atoms with Crippen LogP contribution < -0.4 is 0 Å². The number of carbonyl (C=O) groups excluding carboxylic acids is 1.